The molecule has 2 N–H and O–H groups in total. The molecule has 1 aromatic carbocycles. The zero-order valence-electron chi connectivity index (χ0n) is 16.7. The van der Waals surface area contributed by atoms with Crippen molar-refractivity contribution in [1.82, 2.24) is 25.4 Å². The summed E-state index contributed by atoms with van der Waals surface area (Å²) in [6.45, 7) is 10.7. The summed E-state index contributed by atoms with van der Waals surface area (Å²) >= 11 is 0. The SMILES string of the molecule is CCCOCc1ccccc1CN=C(NCC)NCCn1cnnc1CC. The van der Waals surface area contributed by atoms with E-state index >= 15 is 0 Å². The Balaban J connectivity index is 1.93. The van der Waals surface area contributed by atoms with E-state index in [0.717, 1.165) is 50.9 Å². The molecular formula is C20H32N6O. The molecule has 0 fully saturated rings. The molecule has 0 amide bonds. The van der Waals surface area contributed by atoms with Gasteiger partial charge in [-0.05, 0) is 24.5 Å². The number of nitrogens with one attached hydrogen (secondary N) is 2. The monoisotopic (exact) mass is 372 g/mol. The van der Waals surface area contributed by atoms with Gasteiger partial charge in [-0.25, -0.2) is 4.99 Å². The zero-order valence-corrected chi connectivity index (χ0v) is 16.7. The van der Waals surface area contributed by atoms with Crippen LogP contribution >= 0.6 is 0 Å². The average molecular weight is 373 g/mol. The van der Waals surface area contributed by atoms with Gasteiger partial charge in [0.25, 0.3) is 0 Å². The lowest BCUT2D eigenvalue weighted by Crippen LogP contribution is -2.39. The van der Waals surface area contributed by atoms with Crippen molar-refractivity contribution in [3.05, 3.63) is 47.5 Å². The summed E-state index contributed by atoms with van der Waals surface area (Å²) < 4.78 is 7.76. The van der Waals surface area contributed by atoms with E-state index in [-0.39, 0.29) is 0 Å². The molecule has 1 aromatic heterocycles. The van der Waals surface area contributed by atoms with Crippen LogP contribution in [0.15, 0.2) is 35.6 Å². The first-order valence-corrected chi connectivity index (χ1v) is 9.81. The zero-order chi connectivity index (χ0) is 19.3. The van der Waals surface area contributed by atoms with Crippen molar-refractivity contribution in [2.75, 3.05) is 19.7 Å². The molecule has 27 heavy (non-hydrogen) atoms. The number of hydrogen-bond donors (Lipinski definition) is 2. The summed E-state index contributed by atoms with van der Waals surface area (Å²) in [5, 5.41) is 14.8. The van der Waals surface area contributed by atoms with Gasteiger partial charge in [-0.2, -0.15) is 0 Å². The van der Waals surface area contributed by atoms with Gasteiger partial charge in [-0.1, -0.05) is 38.1 Å². The first-order chi connectivity index (χ1) is 13.3. The smallest absolute Gasteiger partial charge is 0.191 e. The van der Waals surface area contributed by atoms with Crippen molar-refractivity contribution in [2.45, 2.75) is 53.3 Å². The maximum absolute atomic E-state index is 5.70. The minimum Gasteiger partial charge on any atom is -0.377 e. The van der Waals surface area contributed by atoms with Crippen molar-refractivity contribution in [3.63, 3.8) is 0 Å². The normalized spacial score (nSPS) is 11.6. The van der Waals surface area contributed by atoms with E-state index in [1.54, 1.807) is 6.33 Å². The molecule has 0 saturated heterocycles. The molecule has 0 radical (unpaired) electrons. The Morgan fingerprint density at radius 1 is 1.15 bits per heavy atom. The summed E-state index contributed by atoms with van der Waals surface area (Å²) in [7, 11) is 0. The fourth-order valence-corrected chi connectivity index (χ4v) is 2.72. The Hall–Kier alpha value is -2.41. The molecule has 7 heteroatoms. The van der Waals surface area contributed by atoms with Gasteiger partial charge in [0.05, 0.1) is 13.2 Å². The Labute approximate surface area is 162 Å². The molecule has 0 unspecified atom stereocenters. The first-order valence-electron chi connectivity index (χ1n) is 9.81. The number of aliphatic imine (C=N–C) groups is 1. The molecule has 2 rings (SSSR count). The summed E-state index contributed by atoms with van der Waals surface area (Å²) in [6.07, 6.45) is 3.68. The molecule has 0 spiro atoms. The highest BCUT2D eigenvalue weighted by Gasteiger charge is 2.04. The van der Waals surface area contributed by atoms with E-state index in [4.69, 9.17) is 9.73 Å². The Morgan fingerprint density at radius 2 is 1.96 bits per heavy atom. The van der Waals surface area contributed by atoms with Crippen LogP contribution in [0.2, 0.25) is 0 Å². The molecule has 1 heterocycles. The number of benzene rings is 1. The Morgan fingerprint density at radius 3 is 2.70 bits per heavy atom. The van der Waals surface area contributed by atoms with E-state index in [1.165, 1.54) is 11.1 Å². The largest absolute Gasteiger partial charge is 0.377 e. The molecule has 0 aliphatic heterocycles. The van der Waals surface area contributed by atoms with Crippen LogP contribution in [0, 0.1) is 0 Å². The van der Waals surface area contributed by atoms with Gasteiger partial charge >= 0.3 is 0 Å². The van der Waals surface area contributed by atoms with Crippen LogP contribution in [0.25, 0.3) is 0 Å². The lowest BCUT2D eigenvalue weighted by molar-refractivity contribution is 0.121. The summed E-state index contributed by atoms with van der Waals surface area (Å²) in [6, 6.07) is 8.32. The molecule has 2 aromatic rings. The van der Waals surface area contributed by atoms with Gasteiger partial charge in [0.15, 0.2) is 5.96 Å². The summed E-state index contributed by atoms with van der Waals surface area (Å²) in [5.41, 5.74) is 2.39. The Kier molecular flexibility index (Phi) is 9.34. The van der Waals surface area contributed by atoms with E-state index in [0.29, 0.717) is 13.2 Å². The van der Waals surface area contributed by atoms with E-state index in [9.17, 15) is 0 Å². The summed E-state index contributed by atoms with van der Waals surface area (Å²) in [4.78, 5) is 4.73. The number of aryl methyl sites for hydroxylation is 1. The molecular weight excluding hydrogens is 340 g/mol. The third-order valence-electron chi connectivity index (χ3n) is 4.13. The highest BCUT2D eigenvalue weighted by Crippen LogP contribution is 2.11. The molecule has 0 bridgehead atoms. The number of rotatable bonds is 11. The maximum atomic E-state index is 5.70. The van der Waals surface area contributed by atoms with Crippen LogP contribution in [0.3, 0.4) is 0 Å². The first kappa shape index (κ1) is 20.9. The number of ether oxygens (including phenoxy) is 1. The van der Waals surface area contributed by atoms with Crippen LogP contribution in [0.1, 0.15) is 44.1 Å². The third-order valence-corrected chi connectivity index (χ3v) is 4.13. The predicted octanol–water partition coefficient (Wildman–Crippen LogP) is 2.52. The van der Waals surface area contributed by atoms with E-state index < -0.39 is 0 Å². The van der Waals surface area contributed by atoms with Crippen molar-refractivity contribution < 1.29 is 4.74 Å². The number of hydrogen-bond acceptors (Lipinski definition) is 4. The fourth-order valence-electron chi connectivity index (χ4n) is 2.72. The molecule has 0 saturated carbocycles. The topological polar surface area (TPSA) is 76.4 Å². The van der Waals surface area contributed by atoms with Crippen molar-refractivity contribution in [1.29, 1.82) is 0 Å². The van der Waals surface area contributed by atoms with Crippen LogP contribution in [0.4, 0.5) is 0 Å². The molecule has 148 valence electrons. The highest BCUT2D eigenvalue weighted by atomic mass is 16.5. The molecule has 7 nitrogen and oxygen atoms in total. The molecule has 0 aliphatic rings. The van der Waals surface area contributed by atoms with Crippen molar-refractivity contribution >= 4 is 5.96 Å². The fraction of sp³-hybridized carbons (Fsp3) is 0.550. The third kappa shape index (κ3) is 7.02. The molecule has 0 atom stereocenters. The Bertz CT molecular complexity index is 697. The van der Waals surface area contributed by atoms with Gasteiger partial charge in [0.2, 0.25) is 0 Å². The van der Waals surface area contributed by atoms with E-state index in [1.807, 2.05) is 12.1 Å². The van der Waals surface area contributed by atoms with Gasteiger partial charge in [-0.15, -0.1) is 10.2 Å². The number of guanidine groups is 1. The van der Waals surface area contributed by atoms with Gasteiger partial charge in [0.1, 0.15) is 12.2 Å². The highest BCUT2D eigenvalue weighted by molar-refractivity contribution is 5.79. The average Bonchev–Trinajstić information content (AvgIpc) is 3.14. The lowest BCUT2D eigenvalue weighted by atomic mass is 10.1. The number of nitrogens with zero attached hydrogens (tertiary/aromatic N) is 4. The van der Waals surface area contributed by atoms with Crippen LogP contribution in [-0.2, 0) is 30.9 Å². The van der Waals surface area contributed by atoms with Crippen LogP contribution < -0.4 is 10.6 Å². The standard InChI is InChI=1S/C20H32N6O/c1-4-13-27-15-18-10-8-7-9-17(18)14-23-20(21-6-3)22-11-12-26-16-24-25-19(26)5-2/h7-10,16H,4-6,11-15H2,1-3H3,(H2,21,22,23). The predicted molar refractivity (Wildman–Crippen MR) is 109 cm³/mol. The van der Waals surface area contributed by atoms with Gasteiger partial charge in [0, 0.05) is 32.7 Å². The number of aromatic nitrogens is 3. The van der Waals surface area contributed by atoms with Crippen LogP contribution in [0.5, 0.6) is 0 Å². The van der Waals surface area contributed by atoms with Crippen LogP contribution in [-0.4, -0.2) is 40.4 Å². The van der Waals surface area contributed by atoms with Gasteiger partial charge in [-0.3, -0.25) is 0 Å². The van der Waals surface area contributed by atoms with E-state index in [2.05, 4.69) is 58.3 Å². The van der Waals surface area contributed by atoms with Crippen molar-refractivity contribution in [3.8, 4) is 0 Å². The minimum atomic E-state index is 0.619. The maximum Gasteiger partial charge on any atom is 0.191 e. The quantitative estimate of drug-likeness (QED) is 0.360. The second kappa shape index (κ2) is 12.1. The molecule has 0 aliphatic carbocycles. The van der Waals surface area contributed by atoms with Crippen molar-refractivity contribution in [2.24, 2.45) is 4.99 Å². The van der Waals surface area contributed by atoms with Gasteiger partial charge < -0.3 is 19.9 Å². The summed E-state index contributed by atoms with van der Waals surface area (Å²) in [5.74, 6) is 1.81. The second-order valence-corrected chi connectivity index (χ2v) is 6.24. The second-order valence-electron chi connectivity index (χ2n) is 6.24. The minimum absolute atomic E-state index is 0.619. The lowest BCUT2D eigenvalue weighted by Gasteiger charge is -2.13.